The number of furan rings is 1. The van der Waals surface area contributed by atoms with Crippen LogP contribution >= 0.6 is 35.4 Å². The Morgan fingerprint density at radius 1 is 0.969 bits per heavy atom. The van der Waals surface area contributed by atoms with Gasteiger partial charge in [-0.05, 0) is 66.8 Å². The Bertz CT molecular complexity index is 1310. The van der Waals surface area contributed by atoms with Crippen LogP contribution in [-0.4, -0.2) is 25.3 Å². The number of hydrogen-bond acceptors (Lipinski definition) is 6. The van der Waals surface area contributed by atoms with Crippen molar-refractivity contribution in [2.75, 3.05) is 5.32 Å². The lowest BCUT2D eigenvalue weighted by molar-refractivity contribution is -0.117. The fraction of sp³-hybridized carbons (Fsp3) is 0.0500. The molecule has 0 bridgehead atoms. The van der Waals surface area contributed by atoms with Crippen LogP contribution in [0.25, 0.3) is 11.3 Å². The smallest absolute Gasteiger partial charge is 0.293 e. The van der Waals surface area contributed by atoms with E-state index < -0.39 is 21.8 Å². The van der Waals surface area contributed by atoms with Crippen LogP contribution in [0.4, 0.5) is 5.69 Å². The zero-order chi connectivity index (χ0) is 23.5. The highest BCUT2D eigenvalue weighted by Crippen LogP contribution is 2.29. The quantitative estimate of drug-likeness (QED) is 0.439. The van der Waals surface area contributed by atoms with Crippen molar-refractivity contribution < 1.29 is 22.4 Å². The van der Waals surface area contributed by atoms with Crippen molar-refractivity contribution in [3.63, 3.8) is 0 Å². The number of anilines is 1. The Morgan fingerprint density at radius 3 is 2.28 bits per heavy atom. The summed E-state index contributed by atoms with van der Waals surface area (Å²) < 4.78 is 31.3. The number of benzene rings is 2. The molecule has 0 saturated heterocycles. The van der Waals surface area contributed by atoms with E-state index in [4.69, 9.17) is 39.8 Å². The van der Waals surface area contributed by atoms with E-state index in [0.29, 0.717) is 27.1 Å². The van der Waals surface area contributed by atoms with Gasteiger partial charge in [-0.2, -0.15) is 0 Å². The minimum absolute atomic E-state index is 0.0203. The van der Waals surface area contributed by atoms with Crippen molar-refractivity contribution in [3.8, 4) is 11.3 Å². The van der Waals surface area contributed by atoms with Gasteiger partial charge in [0.2, 0.25) is 5.91 Å². The van der Waals surface area contributed by atoms with Crippen LogP contribution in [0.5, 0.6) is 0 Å². The van der Waals surface area contributed by atoms with Crippen molar-refractivity contribution >= 4 is 68.1 Å². The summed E-state index contributed by atoms with van der Waals surface area (Å²) in [6.07, 6.45) is 0. The second kappa shape index (κ2) is 9.70. The van der Waals surface area contributed by atoms with Gasteiger partial charge in [-0.15, -0.1) is 0 Å². The first-order valence-electron chi connectivity index (χ1n) is 8.86. The Labute approximate surface area is 198 Å². The predicted molar refractivity (Wildman–Crippen MR) is 125 cm³/mol. The third-order valence-electron chi connectivity index (χ3n) is 3.96. The maximum Gasteiger partial charge on any atom is 0.293 e. The number of carbonyl (C=O) groups is 2. The van der Waals surface area contributed by atoms with E-state index in [1.165, 1.54) is 30.3 Å². The van der Waals surface area contributed by atoms with Crippen LogP contribution in [0.3, 0.4) is 0 Å². The van der Waals surface area contributed by atoms with Crippen LogP contribution in [-0.2, 0) is 14.8 Å². The first kappa shape index (κ1) is 23.7. The van der Waals surface area contributed by atoms with Crippen LogP contribution < -0.4 is 15.4 Å². The van der Waals surface area contributed by atoms with E-state index in [9.17, 15) is 18.0 Å². The fourth-order valence-electron chi connectivity index (χ4n) is 2.56. The number of hydrogen-bond donors (Lipinski definition) is 3. The molecule has 2 aromatic carbocycles. The van der Waals surface area contributed by atoms with Crippen molar-refractivity contribution in [1.29, 1.82) is 0 Å². The summed E-state index contributed by atoms with van der Waals surface area (Å²) in [6.45, 7) is 1.10. The summed E-state index contributed by atoms with van der Waals surface area (Å²) >= 11 is 17.0. The molecule has 0 fully saturated rings. The highest BCUT2D eigenvalue weighted by Gasteiger charge is 2.16. The lowest BCUT2D eigenvalue weighted by atomic mass is 10.2. The third kappa shape index (κ3) is 5.86. The van der Waals surface area contributed by atoms with Gasteiger partial charge >= 0.3 is 0 Å². The molecule has 12 heteroatoms. The van der Waals surface area contributed by atoms with Gasteiger partial charge in [0.25, 0.3) is 15.9 Å². The lowest BCUT2D eigenvalue weighted by Crippen LogP contribution is -2.33. The Kier molecular flexibility index (Phi) is 7.19. The molecule has 0 spiro atoms. The van der Waals surface area contributed by atoms with E-state index >= 15 is 0 Å². The van der Waals surface area contributed by atoms with E-state index in [-0.39, 0.29) is 15.8 Å². The molecule has 0 unspecified atom stereocenters. The molecular weight excluding hydrogens is 497 g/mol. The van der Waals surface area contributed by atoms with Gasteiger partial charge in [0.1, 0.15) is 5.76 Å². The Morgan fingerprint density at radius 2 is 1.66 bits per heavy atom. The van der Waals surface area contributed by atoms with Crippen LogP contribution in [0.2, 0.25) is 10.0 Å². The summed E-state index contributed by atoms with van der Waals surface area (Å²) in [5.74, 6) is -0.842. The number of carbonyl (C=O) groups excluding carboxylic acids is 2. The Hall–Kier alpha value is -2.92. The topological polar surface area (TPSA) is 118 Å². The minimum Gasteiger partial charge on any atom is -0.451 e. The van der Waals surface area contributed by atoms with Crippen LogP contribution in [0.15, 0.2) is 63.9 Å². The molecule has 3 aromatic rings. The van der Waals surface area contributed by atoms with Crippen molar-refractivity contribution in [1.82, 2.24) is 10.0 Å². The average molecular weight is 512 g/mol. The monoisotopic (exact) mass is 511 g/mol. The molecule has 0 aliphatic heterocycles. The van der Waals surface area contributed by atoms with Gasteiger partial charge in [-0.1, -0.05) is 23.2 Å². The first-order valence-corrected chi connectivity index (χ1v) is 11.5. The molecule has 0 radical (unpaired) electrons. The molecule has 0 saturated carbocycles. The number of nitrogens with one attached hydrogen (secondary N) is 3. The van der Waals surface area contributed by atoms with E-state index in [1.54, 1.807) is 24.3 Å². The summed E-state index contributed by atoms with van der Waals surface area (Å²) in [7, 11) is -3.94. The highest BCUT2D eigenvalue weighted by molar-refractivity contribution is 7.90. The maximum absolute atomic E-state index is 12.4. The second-order valence-corrected chi connectivity index (χ2v) is 9.29. The summed E-state index contributed by atoms with van der Waals surface area (Å²) in [6, 6.07) is 13.5. The van der Waals surface area contributed by atoms with Gasteiger partial charge in [0.15, 0.2) is 10.9 Å². The number of rotatable bonds is 5. The minimum atomic E-state index is -3.94. The van der Waals surface area contributed by atoms with Crippen molar-refractivity contribution in [3.05, 3.63) is 70.4 Å². The van der Waals surface area contributed by atoms with Crippen LogP contribution in [0.1, 0.15) is 17.5 Å². The molecule has 0 atom stereocenters. The normalized spacial score (nSPS) is 11.0. The van der Waals surface area contributed by atoms with Crippen molar-refractivity contribution in [2.24, 2.45) is 0 Å². The summed E-state index contributed by atoms with van der Waals surface area (Å²) in [5.41, 5.74) is 1.07. The number of amides is 2. The third-order valence-corrected chi connectivity index (χ3v) is 6.35. The maximum atomic E-state index is 12.4. The molecule has 0 aliphatic carbocycles. The number of sulfonamides is 1. The fourth-order valence-corrected chi connectivity index (χ4v) is 4.06. The summed E-state index contributed by atoms with van der Waals surface area (Å²) in [5, 5.41) is 5.95. The van der Waals surface area contributed by atoms with Gasteiger partial charge in [-0.25, -0.2) is 13.1 Å². The van der Waals surface area contributed by atoms with E-state index in [0.717, 1.165) is 6.92 Å². The number of halogens is 2. The zero-order valence-electron chi connectivity index (χ0n) is 16.3. The Balaban J connectivity index is 1.63. The number of thiocarbonyl (C=S) groups is 1. The molecular formula is C20H15Cl2N3O5S2. The molecule has 32 heavy (non-hydrogen) atoms. The molecule has 2 amide bonds. The largest absolute Gasteiger partial charge is 0.451 e. The van der Waals surface area contributed by atoms with E-state index in [1.807, 2.05) is 4.72 Å². The zero-order valence-corrected chi connectivity index (χ0v) is 19.5. The molecule has 0 aliphatic rings. The van der Waals surface area contributed by atoms with E-state index in [2.05, 4.69) is 10.6 Å². The molecule has 1 aromatic heterocycles. The summed E-state index contributed by atoms with van der Waals surface area (Å²) in [4.78, 5) is 23.3. The van der Waals surface area contributed by atoms with Gasteiger partial charge in [0, 0.05) is 18.2 Å². The second-order valence-electron chi connectivity index (χ2n) is 6.39. The standard InChI is InChI=1S/C20H15Cl2N3O5S2/c1-11(26)25-32(28,29)14-5-3-13(4-6-14)23-20(31)24-19(27)18-9-8-17(30-18)12-2-7-15(21)16(22)10-12/h2-10H,1H3,(H,25,26)(H2,23,24,27,31). The highest BCUT2D eigenvalue weighted by atomic mass is 35.5. The molecule has 8 nitrogen and oxygen atoms in total. The molecule has 166 valence electrons. The van der Waals surface area contributed by atoms with Gasteiger partial charge in [-0.3, -0.25) is 14.9 Å². The van der Waals surface area contributed by atoms with Gasteiger partial charge in [0.05, 0.1) is 14.9 Å². The lowest BCUT2D eigenvalue weighted by Gasteiger charge is -2.10. The molecule has 1 heterocycles. The first-order chi connectivity index (χ1) is 15.0. The van der Waals surface area contributed by atoms with Crippen LogP contribution in [0, 0.1) is 0 Å². The SMILES string of the molecule is CC(=O)NS(=O)(=O)c1ccc(NC(=S)NC(=O)c2ccc(-c3ccc(Cl)c(Cl)c3)o2)cc1. The molecule has 3 rings (SSSR count). The molecule has 3 N–H and O–H groups in total. The average Bonchev–Trinajstić information content (AvgIpc) is 3.20. The van der Waals surface area contributed by atoms with Gasteiger partial charge < -0.3 is 9.73 Å². The predicted octanol–water partition coefficient (Wildman–Crippen LogP) is 4.21. The van der Waals surface area contributed by atoms with Crippen molar-refractivity contribution in [2.45, 2.75) is 11.8 Å².